The minimum atomic E-state index is -0.0116. The number of carbonyl (C=O) groups excluding carboxylic acids is 2. The predicted octanol–water partition coefficient (Wildman–Crippen LogP) is 1.61. The predicted molar refractivity (Wildman–Crippen MR) is 137 cm³/mol. The van der Waals surface area contributed by atoms with Crippen LogP contribution in [0.5, 0.6) is 0 Å². The van der Waals surface area contributed by atoms with Crippen LogP contribution in [0.3, 0.4) is 0 Å². The van der Waals surface area contributed by atoms with Crippen LogP contribution in [-0.4, -0.2) is 108 Å². The number of carbonyl (C=O) groups is 2. The van der Waals surface area contributed by atoms with E-state index in [0.717, 1.165) is 24.6 Å². The molecule has 2 saturated heterocycles. The molecule has 0 unspecified atom stereocenters. The Morgan fingerprint density at radius 3 is 1.94 bits per heavy atom. The summed E-state index contributed by atoms with van der Waals surface area (Å²) >= 11 is 0. The first-order valence-electron chi connectivity index (χ1n) is 12.4. The Labute approximate surface area is 207 Å². The van der Waals surface area contributed by atoms with E-state index in [-0.39, 0.29) is 18.4 Å². The lowest BCUT2D eigenvalue weighted by atomic mass is 10.1. The SMILES string of the molecule is CC(C)Nc1cccnc1N1CCN(C(=O)c2ccc(C(=O)N3CCN(CCO)CC3)cc2)CC1. The zero-order valence-corrected chi connectivity index (χ0v) is 20.7. The smallest absolute Gasteiger partial charge is 0.253 e. The summed E-state index contributed by atoms with van der Waals surface area (Å²) in [7, 11) is 0. The molecule has 35 heavy (non-hydrogen) atoms. The number of amides is 2. The molecule has 9 nitrogen and oxygen atoms in total. The first-order valence-corrected chi connectivity index (χ1v) is 12.4. The second-order valence-corrected chi connectivity index (χ2v) is 9.39. The summed E-state index contributed by atoms with van der Waals surface area (Å²) in [6.45, 7) is 10.5. The molecule has 0 saturated carbocycles. The third-order valence-corrected chi connectivity index (χ3v) is 6.55. The van der Waals surface area contributed by atoms with E-state index in [2.05, 4.69) is 33.9 Å². The van der Waals surface area contributed by atoms with Crippen LogP contribution in [-0.2, 0) is 0 Å². The molecule has 2 N–H and O–H groups in total. The highest BCUT2D eigenvalue weighted by Gasteiger charge is 2.25. The Kier molecular flexibility index (Phi) is 8.20. The highest BCUT2D eigenvalue weighted by Crippen LogP contribution is 2.25. The van der Waals surface area contributed by atoms with Crippen LogP contribution in [0.15, 0.2) is 42.6 Å². The standard InChI is InChI=1S/C26H36N6O3/c1-20(2)28-23-4-3-9-27-24(23)30-14-16-32(17-15-30)26(35)22-7-5-21(6-8-22)25(34)31-12-10-29(11-13-31)18-19-33/h3-9,20,28,33H,10-19H2,1-2H3. The van der Waals surface area contributed by atoms with Gasteiger partial charge in [0.05, 0.1) is 12.3 Å². The van der Waals surface area contributed by atoms with Crippen molar-refractivity contribution in [3.05, 3.63) is 53.7 Å². The third kappa shape index (κ3) is 6.10. The molecule has 0 atom stereocenters. The van der Waals surface area contributed by atoms with Crippen molar-refractivity contribution in [1.82, 2.24) is 19.7 Å². The number of nitrogens with one attached hydrogen (secondary N) is 1. The molecule has 0 bridgehead atoms. The average Bonchev–Trinajstić information content (AvgIpc) is 2.89. The molecular formula is C26H36N6O3. The van der Waals surface area contributed by atoms with Crippen molar-refractivity contribution in [2.45, 2.75) is 19.9 Å². The second-order valence-electron chi connectivity index (χ2n) is 9.39. The maximum atomic E-state index is 13.1. The molecule has 0 spiro atoms. The number of benzene rings is 1. The van der Waals surface area contributed by atoms with Gasteiger partial charge in [0.25, 0.3) is 11.8 Å². The van der Waals surface area contributed by atoms with E-state index in [1.54, 1.807) is 30.5 Å². The summed E-state index contributed by atoms with van der Waals surface area (Å²) in [6.07, 6.45) is 1.80. The molecule has 1 aromatic heterocycles. The first kappa shape index (κ1) is 24.9. The Morgan fingerprint density at radius 1 is 0.886 bits per heavy atom. The topological polar surface area (TPSA) is 92.2 Å². The molecule has 0 radical (unpaired) electrons. The largest absolute Gasteiger partial charge is 0.395 e. The lowest BCUT2D eigenvalue weighted by Crippen LogP contribution is -2.49. The van der Waals surface area contributed by atoms with Crippen LogP contribution >= 0.6 is 0 Å². The van der Waals surface area contributed by atoms with E-state index in [1.807, 2.05) is 21.9 Å². The zero-order valence-electron chi connectivity index (χ0n) is 20.7. The van der Waals surface area contributed by atoms with Gasteiger partial charge in [-0.25, -0.2) is 4.98 Å². The van der Waals surface area contributed by atoms with Gasteiger partial charge < -0.3 is 25.1 Å². The molecule has 3 heterocycles. The molecule has 9 heteroatoms. The minimum Gasteiger partial charge on any atom is -0.395 e. The number of piperazine rings is 2. The first-order chi connectivity index (χ1) is 17.0. The van der Waals surface area contributed by atoms with Crippen molar-refractivity contribution < 1.29 is 14.7 Å². The molecule has 0 aliphatic carbocycles. The number of aliphatic hydroxyl groups excluding tert-OH is 1. The number of hydrogen-bond donors (Lipinski definition) is 2. The summed E-state index contributed by atoms with van der Waals surface area (Å²) in [4.78, 5) is 38.6. The Bertz CT molecular complexity index is 996. The van der Waals surface area contributed by atoms with Gasteiger partial charge in [-0.1, -0.05) is 0 Å². The van der Waals surface area contributed by atoms with E-state index >= 15 is 0 Å². The number of nitrogens with zero attached hydrogens (tertiary/aromatic N) is 5. The van der Waals surface area contributed by atoms with Gasteiger partial charge >= 0.3 is 0 Å². The van der Waals surface area contributed by atoms with Crippen LogP contribution in [0.4, 0.5) is 11.5 Å². The summed E-state index contributed by atoms with van der Waals surface area (Å²) < 4.78 is 0. The van der Waals surface area contributed by atoms with Gasteiger partial charge in [-0.05, 0) is 50.2 Å². The van der Waals surface area contributed by atoms with Gasteiger partial charge in [0, 0.05) is 82.3 Å². The Hall–Kier alpha value is -3.17. The molecule has 2 aromatic rings. The van der Waals surface area contributed by atoms with Crippen LogP contribution in [0.25, 0.3) is 0 Å². The van der Waals surface area contributed by atoms with Gasteiger partial charge in [0.2, 0.25) is 0 Å². The number of anilines is 2. The Balaban J connectivity index is 1.32. The highest BCUT2D eigenvalue weighted by atomic mass is 16.3. The molecule has 2 aliphatic heterocycles. The Morgan fingerprint density at radius 2 is 1.43 bits per heavy atom. The molecule has 2 fully saturated rings. The van der Waals surface area contributed by atoms with Gasteiger partial charge in [-0.15, -0.1) is 0 Å². The number of pyridine rings is 1. The molecule has 4 rings (SSSR count). The van der Waals surface area contributed by atoms with E-state index in [0.29, 0.717) is 63.0 Å². The van der Waals surface area contributed by atoms with Crippen LogP contribution < -0.4 is 10.2 Å². The van der Waals surface area contributed by atoms with Crippen molar-refractivity contribution in [1.29, 1.82) is 0 Å². The summed E-state index contributed by atoms with van der Waals surface area (Å²) in [5.41, 5.74) is 2.21. The van der Waals surface area contributed by atoms with E-state index in [9.17, 15) is 9.59 Å². The fraction of sp³-hybridized carbons (Fsp3) is 0.500. The van der Waals surface area contributed by atoms with Crippen molar-refractivity contribution in [2.24, 2.45) is 0 Å². The number of aromatic nitrogens is 1. The molecule has 188 valence electrons. The van der Waals surface area contributed by atoms with E-state index in [4.69, 9.17) is 5.11 Å². The molecular weight excluding hydrogens is 444 g/mol. The molecule has 2 aliphatic rings. The quantitative estimate of drug-likeness (QED) is 0.622. The van der Waals surface area contributed by atoms with Gasteiger partial charge in [0.1, 0.15) is 0 Å². The fourth-order valence-corrected chi connectivity index (χ4v) is 4.63. The fourth-order valence-electron chi connectivity index (χ4n) is 4.63. The van der Waals surface area contributed by atoms with Crippen LogP contribution in [0, 0.1) is 0 Å². The lowest BCUT2D eigenvalue weighted by molar-refractivity contribution is 0.0614. The average molecular weight is 481 g/mol. The van der Waals surface area contributed by atoms with E-state index in [1.165, 1.54) is 0 Å². The van der Waals surface area contributed by atoms with Crippen LogP contribution in [0.2, 0.25) is 0 Å². The minimum absolute atomic E-state index is 0.0113. The lowest BCUT2D eigenvalue weighted by Gasteiger charge is -2.36. The van der Waals surface area contributed by atoms with Crippen molar-refractivity contribution >= 4 is 23.3 Å². The maximum Gasteiger partial charge on any atom is 0.253 e. The zero-order chi connectivity index (χ0) is 24.8. The highest BCUT2D eigenvalue weighted by molar-refractivity contribution is 5.98. The summed E-state index contributed by atoms with van der Waals surface area (Å²) in [5.74, 6) is 0.901. The van der Waals surface area contributed by atoms with Crippen LogP contribution in [0.1, 0.15) is 34.6 Å². The number of β-amino-alcohol motifs (C(OH)–C–C–N with tert-alkyl or cyclic N) is 1. The monoisotopic (exact) mass is 480 g/mol. The number of rotatable bonds is 7. The van der Waals surface area contributed by atoms with E-state index < -0.39 is 0 Å². The summed E-state index contributed by atoms with van der Waals surface area (Å²) in [6, 6.07) is 11.3. The van der Waals surface area contributed by atoms with Crippen molar-refractivity contribution in [3.8, 4) is 0 Å². The van der Waals surface area contributed by atoms with Crippen molar-refractivity contribution in [3.63, 3.8) is 0 Å². The summed E-state index contributed by atoms with van der Waals surface area (Å²) in [5, 5.41) is 12.5. The number of hydrogen-bond acceptors (Lipinski definition) is 7. The van der Waals surface area contributed by atoms with Gasteiger partial charge in [-0.3, -0.25) is 14.5 Å². The molecule has 2 amide bonds. The second kappa shape index (κ2) is 11.5. The van der Waals surface area contributed by atoms with Crippen molar-refractivity contribution in [2.75, 3.05) is 75.7 Å². The van der Waals surface area contributed by atoms with Gasteiger partial charge in [0.15, 0.2) is 5.82 Å². The molecule has 1 aromatic carbocycles. The normalized spacial score (nSPS) is 17.1. The maximum absolute atomic E-state index is 13.1. The van der Waals surface area contributed by atoms with Gasteiger partial charge in [-0.2, -0.15) is 0 Å². The number of aliphatic hydroxyl groups is 1. The third-order valence-electron chi connectivity index (χ3n) is 6.55.